The van der Waals surface area contributed by atoms with Crippen LogP contribution in [0.3, 0.4) is 0 Å². The summed E-state index contributed by atoms with van der Waals surface area (Å²) < 4.78 is 4.79. The third-order valence-corrected chi connectivity index (χ3v) is 1.57. The third kappa shape index (κ3) is 2.93. The molecule has 0 aromatic heterocycles. The molecular formula is C9H9ClO2. The van der Waals surface area contributed by atoms with Gasteiger partial charge < -0.3 is 4.74 Å². The van der Waals surface area contributed by atoms with Crippen LogP contribution in [0.2, 0.25) is 5.02 Å². The van der Waals surface area contributed by atoms with Crippen LogP contribution in [0.5, 0.6) is 0 Å². The molecule has 0 amide bonds. The molecular weight excluding hydrogens is 176 g/mol. The van der Waals surface area contributed by atoms with E-state index in [2.05, 4.69) is 0 Å². The highest BCUT2D eigenvalue weighted by atomic mass is 35.5. The molecule has 1 aromatic rings. The summed E-state index contributed by atoms with van der Waals surface area (Å²) in [6.45, 7) is 1.67. The standard InChI is InChI=1S/C9H9ClO2/c1-7(11)12-6-8-3-2-4-9(10)5-8/h2-5H,6H2,1H3. The fourth-order valence-corrected chi connectivity index (χ4v) is 1.02. The smallest absolute Gasteiger partial charge is 0.302 e. The number of hydrogen-bond donors (Lipinski definition) is 0. The number of hydrogen-bond acceptors (Lipinski definition) is 2. The fourth-order valence-electron chi connectivity index (χ4n) is 0.812. The van der Waals surface area contributed by atoms with Gasteiger partial charge in [0, 0.05) is 11.9 Å². The highest BCUT2D eigenvalue weighted by Gasteiger charge is 1.96. The van der Waals surface area contributed by atoms with Crippen molar-refractivity contribution >= 4 is 17.6 Å². The molecule has 2 nitrogen and oxygen atoms in total. The largest absolute Gasteiger partial charge is 0.461 e. The highest BCUT2D eigenvalue weighted by molar-refractivity contribution is 6.30. The van der Waals surface area contributed by atoms with Crippen LogP contribution in [0.25, 0.3) is 0 Å². The summed E-state index contributed by atoms with van der Waals surface area (Å²) in [7, 11) is 0. The van der Waals surface area contributed by atoms with Gasteiger partial charge in [-0.25, -0.2) is 0 Å². The van der Waals surface area contributed by atoms with Crippen molar-refractivity contribution < 1.29 is 9.53 Å². The summed E-state index contributed by atoms with van der Waals surface area (Å²) in [5.41, 5.74) is 0.901. The van der Waals surface area contributed by atoms with E-state index in [0.29, 0.717) is 5.02 Å². The molecule has 0 aliphatic carbocycles. The first-order chi connectivity index (χ1) is 5.68. The fraction of sp³-hybridized carbons (Fsp3) is 0.222. The number of esters is 1. The van der Waals surface area contributed by atoms with Gasteiger partial charge in [0.25, 0.3) is 0 Å². The Morgan fingerprint density at radius 1 is 1.58 bits per heavy atom. The van der Waals surface area contributed by atoms with E-state index in [1.54, 1.807) is 12.1 Å². The number of halogens is 1. The second-order valence-electron chi connectivity index (χ2n) is 2.41. The van der Waals surface area contributed by atoms with E-state index in [1.807, 2.05) is 12.1 Å². The maximum absolute atomic E-state index is 10.4. The van der Waals surface area contributed by atoms with Gasteiger partial charge in [-0.2, -0.15) is 0 Å². The first-order valence-electron chi connectivity index (χ1n) is 3.56. The first kappa shape index (κ1) is 9.07. The van der Waals surface area contributed by atoms with E-state index in [-0.39, 0.29) is 12.6 Å². The molecule has 64 valence electrons. The Balaban J connectivity index is 2.57. The molecule has 0 heterocycles. The van der Waals surface area contributed by atoms with Crippen LogP contribution >= 0.6 is 11.6 Å². The Kier molecular flexibility index (Phi) is 3.11. The van der Waals surface area contributed by atoms with Gasteiger partial charge in [-0.05, 0) is 17.7 Å². The molecule has 0 bridgehead atoms. The Hall–Kier alpha value is -1.02. The quantitative estimate of drug-likeness (QED) is 0.660. The van der Waals surface area contributed by atoms with Gasteiger partial charge in [0.2, 0.25) is 0 Å². The zero-order chi connectivity index (χ0) is 8.97. The molecule has 0 N–H and O–H groups in total. The lowest BCUT2D eigenvalue weighted by Gasteiger charge is -2.01. The highest BCUT2D eigenvalue weighted by Crippen LogP contribution is 2.11. The first-order valence-corrected chi connectivity index (χ1v) is 3.94. The summed E-state index contributed by atoms with van der Waals surface area (Å²) in [4.78, 5) is 10.4. The van der Waals surface area contributed by atoms with Gasteiger partial charge in [0.05, 0.1) is 0 Å². The van der Waals surface area contributed by atoms with Crippen LogP contribution in [-0.4, -0.2) is 5.97 Å². The average molecular weight is 185 g/mol. The van der Waals surface area contributed by atoms with Crippen LogP contribution in [-0.2, 0) is 16.1 Å². The number of ether oxygens (including phenoxy) is 1. The summed E-state index contributed by atoms with van der Waals surface area (Å²) in [6, 6.07) is 7.22. The zero-order valence-electron chi connectivity index (χ0n) is 6.71. The van der Waals surface area contributed by atoms with Gasteiger partial charge in [-0.1, -0.05) is 23.7 Å². The van der Waals surface area contributed by atoms with Gasteiger partial charge in [-0.3, -0.25) is 4.79 Å². The molecule has 3 heteroatoms. The molecule has 0 aliphatic rings. The summed E-state index contributed by atoms with van der Waals surface area (Å²) in [5, 5.41) is 0.652. The van der Waals surface area contributed by atoms with Crippen molar-refractivity contribution in [2.24, 2.45) is 0 Å². The van der Waals surface area contributed by atoms with E-state index in [4.69, 9.17) is 16.3 Å². The van der Waals surface area contributed by atoms with Crippen molar-refractivity contribution in [2.75, 3.05) is 0 Å². The van der Waals surface area contributed by atoms with E-state index in [9.17, 15) is 4.79 Å². The van der Waals surface area contributed by atoms with E-state index < -0.39 is 0 Å². The number of benzene rings is 1. The lowest BCUT2D eigenvalue weighted by atomic mass is 10.2. The molecule has 0 saturated carbocycles. The summed E-state index contributed by atoms with van der Waals surface area (Å²) in [6.07, 6.45) is 0. The van der Waals surface area contributed by atoms with Crippen LogP contribution in [0, 0.1) is 0 Å². The molecule has 12 heavy (non-hydrogen) atoms. The molecule has 0 aliphatic heterocycles. The lowest BCUT2D eigenvalue weighted by Crippen LogP contribution is -1.98. The number of carbonyl (C=O) groups is 1. The minimum atomic E-state index is -0.282. The maximum atomic E-state index is 10.4. The Labute approximate surface area is 76.1 Å². The average Bonchev–Trinajstić information content (AvgIpc) is 2.01. The Morgan fingerprint density at radius 2 is 2.33 bits per heavy atom. The second kappa shape index (κ2) is 4.12. The Bertz CT molecular complexity index is 284. The van der Waals surface area contributed by atoms with Crippen molar-refractivity contribution in [3.63, 3.8) is 0 Å². The molecule has 0 atom stereocenters. The predicted octanol–water partition coefficient (Wildman–Crippen LogP) is 2.40. The summed E-state index contributed by atoms with van der Waals surface area (Å²) in [5.74, 6) is -0.282. The van der Waals surface area contributed by atoms with Crippen molar-refractivity contribution in [1.29, 1.82) is 0 Å². The molecule has 0 radical (unpaired) electrons. The molecule has 0 saturated heterocycles. The monoisotopic (exact) mass is 184 g/mol. The SMILES string of the molecule is CC(=O)OCc1cccc(Cl)c1. The van der Waals surface area contributed by atoms with Gasteiger partial charge in [-0.15, -0.1) is 0 Å². The Morgan fingerprint density at radius 3 is 2.92 bits per heavy atom. The summed E-state index contributed by atoms with van der Waals surface area (Å²) >= 11 is 5.72. The van der Waals surface area contributed by atoms with E-state index >= 15 is 0 Å². The van der Waals surface area contributed by atoms with Crippen molar-refractivity contribution in [2.45, 2.75) is 13.5 Å². The molecule has 0 unspecified atom stereocenters. The van der Waals surface area contributed by atoms with Crippen molar-refractivity contribution in [1.82, 2.24) is 0 Å². The van der Waals surface area contributed by atoms with Crippen LogP contribution in [0.15, 0.2) is 24.3 Å². The molecule has 1 aromatic carbocycles. The lowest BCUT2D eigenvalue weighted by molar-refractivity contribution is -0.142. The topological polar surface area (TPSA) is 26.3 Å². The molecule has 1 rings (SSSR count). The van der Waals surface area contributed by atoms with Gasteiger partial charge in [0.15, 0.2) is 0 Å². The van der Waals surface area contributed by atoms with Crippen molar-refractivity contribution in [3.8, 4) is 0 Å². The van der Waals surface area contributed by atoms with Crippen molar-refractivity contribution in [3.05, 3.63) is 34.9 Å². The molecule has 0 fully saturated rings. The van der Waals surface area contributed by atoms with Gasteiger partial charge in [0.1, 0.15) is 6.61 Å². The number of rotatable bonds is 2. The minimum absolute atomic E-state index is 0.282. The predicted molar refractivity (Wildman–Crippen MR) is 46.9 cm³/mol. The number of carbonyl (C=O) groups excluding carboxylic acids is 1. The van der Waals surface area contributed by atoms with E-state index in [0.717, 1.165) is 5.56 Å². The third-order valence-electron chi connectivity index (χ3n) is 1.33. The molecule has 0 spiro atoms. The van der Waals surface area contributed by atoms with Crippen LogP contribution in [0.1, 0.15) is 12.5 Å². The van der Waals surface area contributed by atoms with Crippen LogP contribution in [0.4, 0.5) is 0 Å². The maximum Gasteiger partial charge on any atom is 0.302 e. The normalized spacial score (nSPS) is 9.50. The second-order valence-corrected chi connectivity index (χ2v) is 2.85. The zero-order valence-corrected chi connectivity index (χ0v) is 7.47. The van der Waals surface area contributed by atoms with Gasteiger partial charge >= 0.3 is 5.97 Å². The van der Waals surface area contributed by atoms with Crippen LogP contribution < -0.4 is 0 Å². The van der Waals surface area contributed by atoms with E-state index in [1.165, 1.54) is 6.92 Å². The minimum Gasteiger partial charge on any atom is -0.461 e.